The highest BCUT2D eigenvalue weighted by atomic mass is 32.1. The Morgan fingerprint density at radius 1 is 1.21 bits per heavy atom. The Morgan fingerprint density at radius 2 is 2.07 bits per heavy atom. The van der Waals surface area contributed by atoms with Crippen LogP contribution in [0.5, 0.6) is 0 Å². The molecule has 1 atom stereocenters. The Bertz CT molecular complexity index is 1110. The molecule has 1 aromatic carbocycles. The van der Waals surface area contributed by atoms with E-state index in [4.69, 9.17) is 0 Å². The minimum Gasteiger partial charge on any atom is -0.349 e. The van der Waals surface area contributed by atoms with Crippen LogP contribution in [0, 0.1) is 0 Å². The van der Waals surface area contributed by atoms with Gasteiger partial charge in [-0.3, -0.25) is 14.2 Å². The highest BCUT2D eigenvalue weighted by molar-refractivity contribution is 7.18. The lowest BCUT2D eigenvalue weighted by atomic mass is 9.97. The van der Waals surface area contributed by atoms with Crippen molar-refractivity contribution in [2.75, 3.05) is 0 Å². The molecule has 0 spiro atoms. The molecular formula is C22H23N3O2S. The minimum absolute atomic E-state index is 0.00316. The molecule has 5 nitrogen and oxygen atoms in total. The number of hydrogen-bond acceptors (Lipinski definition) is 4. The summed E-state index contributed by atoms with van der Waals surface area (Å²) in [5.74, 6) is -0.0129. The highest BCUT2D eigenvalue weighted by Gasteiger charge is 2.24. The predicted molar refractivity (Wildman–Crippen MR) is 111 cm³/mol. The summed E-state index contributed by atoms with van der Waals surface area (Å²) in [4.78, 5) is 32.2. The minimum atomic E-state index is -0.0129. The van der Waals surface area contributed by atoms with Crippen LogP contribution in [-0.4, -0.2) is 15.5 Å². The van der Waals surface area contributed by atoms with Crippen LogP contribution in [0.2, 0.25) is 0 Å². The van der Waals surface area contributed by atoms with Crippen molar-refractivity contribution < 1.29 is 4.79 Å². The fraction of sp³-hybridized carbons (Fsp3) is 0.409. The van der Waals surface area contributed by atoms with Crippen LogP contribution in [-0.2, 0) is 30.6 Å². The first-order valence-corrected chi connectivity index (χ1v) is 10.9. The molecule has 2 aliphatic carbocycles. The van der Waals surface area contributed by atoms with Gasteiger partial charge >= 0.3 is 0 Å². The van der Waals surface area contributed by atoms with Gasteiger partial charge in [-0.2, -0.15) is 0 Å². The standard InChI is InChI=1S/C22H23N3O2S/c26-19(24-17-10-9-14-5-1-2-6-15(14)17)11-12-25-13-23-21-20(22(25)27)16-7-3-4-8-18(16)28-21/h1-2,5-6,13,17H,3-4,7-12H2,(H,24,26). The predicted octanol–water partition coefficient (Wildman–Crippen LogP) is 3.53. The van der Waals surface area contributed by atoms with Gasteiger partial charge < -0.3 is 5.32 Å². The molecular weight excluding hydrogens is 370 g/mol. The molecule has 2 heterocycles. The number of thiophene rings is 1. The number of carbonyl (C=O) groups is 1. The third-order valence-electron chi connectivity index (χ3n) is 5.99. The van der Waals surface area contributed by atoms with Crippen LogP contribution < -0.4 is 10.9 Å². The summed E-state index contributed by atoms with van der Waals surface area (Å²) in [6.07, 6.45) is 8.20. The number of benzene rings is 1. The summed E-state index contributed by atoms with van der Waals surface area (Å²) in [6, 6.07) is 8.37. The highest BCUT2D eigenvalue weighted by Crippen LogP contribution is 2.33. The summed E-state index contributed by atoms with van der Waals surface area (Å²) in [6.45, 7) is 0.368. The molecule has 0 saturated carbocycles. The molecule has 1 unspecified atom stereocenters. The Hall–Kier alpha value is -2.47. The molecule has 144 valence electrons. The second-order valence-electron chi connectivity index (χ2n) is 7.74. The van der Waals surface area contributed by atoms with E-state index in [-0.39, 0.29) is 23.9 Å². The van der Waals surface area contributed by atoms with Crippen LogP contribution in [0.15, 0.2) is 35.4 Å². The van der Waals surface area contributed by atoms with Crippen molar-refractivity contribution in [3.8, 4) is 0 Å². The number of fused-ring (bicyclic) bond motifs is 4. The van der Waals surface area contributed by atoms with E-state index in [0.29, 0.717) is 6.54 Å². The first-order chi connectivity index (χ1) is 13.7. The van der Waals surface area contributed by atoms with E-state index in [9.17, 15) is 9.59 Å². The van der Waals surface area contributed by atoms with Crippen molar-refractivity contribution in [1.82, 2.24) is 14.9 Å². The van der Waals surface area contributed by atoms with E-state index in [1.165, 1.54) is 28.0 Å². The van der Waals surface area contributed by atoms with E-state index in [2.05, 4.69) is 22.4 Å². The zero-order valence-corrected chi connectivity index (χ0v) is 16.6. The second kappa shape index (κ2) is 7.17. The molecule has 2 aliphatic rings. The molecule has 6 heteroatoms. The van der Waals surface area contributed by atoms with Gasteiger partial charge in [0.25, 0.3) is 5.56 Å². The smallest absolute Gasteiger partial charge is 0.262 e. The number of nitrogens with zero attached hydrogens (tertiary/aromatic N) is 2. The van der Waals surface area contributed by atoms with Crippen molar-refractivity contribution in [2.24, 2.45) is 0 Å². The van der Waals surface area contributed by atoms with Crippen molar-refractivity contribution in [1.29, 1.82) is 0 Å². The van der Waals surface area contributed by atoms with Gasteiger partial charge in [0.05, 0.1) is 17.8 Å². The van der Waals surface area contributed by atoms with Crippen LogP contribution in [0.1, 0.15) is 53.3 Å². The third kappa shape index (κ3) is 3.05. The molecule has 0 fully saturated rings. The van der Waals surface area contributed by atoms with E-state index in [1.807, 2.05) is 12.1 Å². The van der Waals surface area contributed by atoms with Crippen molar-refractivity contribution in [3.63, 3.8) is 0 Å². The van der Waals surface area contributed by atoms with Gasteiger partial charge in [-0.05, 0) is 55.2 Å². The zero-order chi connectivity index (χ0) is 19.1. The van der Waals surface area contributed by atoms with Gasteiger partial charge in [0.2, 0.25) is 5.91 Å². The monoisotopic (exact) mass is 393 g/mol. The summed E-state index contributed by atoms with van der Waals surface area (Å²) in [5.41, 5.74) is 3.75. The molecule has 2 aromatic heterocycles. The number of amides is 1. The van der Waals surface area contributed by atoms with Crippen molar-refractivity contribution >= 4 is 27.5 Å². The first-order valence-electron chi connectivity index (χ1n) is 10.1. The molecule has 0 aliphatic heterocycles. The molecule has 5 rings (SSSR count). The maximum atomic E-state index is 13.0. The number of hydrogen-bond donors (Lipinski definition) is 1. The average molecular weight is 394 g/mol. The average Bonchev–Trinajstić information content (AvgIpc) is 3.29. The van der Waals surface area contributed by atoms with E-state index < -0.39 is 0 Å². The molecule has 0 radical (unpaired) electrons. The maximum Gasteiger partial charge on any atom is 0.262 e. The van der Waals surface area contributed by atoms with Gasteiger partial charge in [0.15, 0.2) is 0 Å². The lowest BCUT2D eigenvalue weighted by molar-refractivity contribution is -0.122. The van der Waals surface area contributed by atoms with Gasteiger partial charge in [-0.1, -0.05) is 24.3 Å². The van der Waals surface area contributed by atoms with Crippen LogP contribution in [0.3, 0.4) is 0 Å². The lowest BCUT2D eigenvalue weighted by Gasteiger charge is -2.14. The van der Waals surface area contributed by atoms with E-state index >= 15 is 0 Å². The Balaban J connectivity index is 1.30. The number of nitrogens with one attached hydrogen (secondary N) is 1. The first kappa shape index (κ1) is 17.6. The van der Waals surface area contributed by atoms with Crippen molar-refractivity contribution in [3.05, 3.63) is 62.5 Å². The lowest BCUT2D eigenvalue weighted by Crippen LogP contribution is -2.30. The zero-order valence-electron chi connectivity index (χ0n) is 15.7. The van der Waals surface area contributed by atoms with Crippen molar-refractivity contribution in [2.45, 2.75) is 57.5 Å². The maximum absolute atomic E-state index is 13.0. The second-order valence-corrected chi connectivity index (χ2v) is 8.83. The Morgan fingerprint density at radius 3 is 3.00 bits per heavy atom. The van der Waals surface area contributed by atoms with Gasteiger partial charge in [-0.25, -0.2) is 4.98 Å². The number of rotatable bonds is 4. The van der Waals surface area contributed by atoms with E-state index in [1.54, 1.807) is 22.2 Å². The fourth-order valence-electron chi connectivity index (χ4n) is 4.54. The largest absolute Gasteiger partial charge is 0.349 e. The van der Waals surface area contributed by atoms with E-state index in [0.717, 1.165) is 42.3 Å². The summed E-state index contributed by atoms with van der Waals surface area (Å²) in [5, 5.41) is 3.92. The number of aromatic nitrogens is 2. The molecule has 0 bridgehead atoms. The Kier molecular flexibility index (Phi) is 4.51. The number of carbonyl (C=O) groups excluding carboxylic acids is 1. The summed E-state index contributed by atoms with van der Waals surface area (Å²) in [7, 11) is 0. The van der Waals surface area contributed by atoms with Crippen LogP contribution >= 0.6 is 11.3 Å². The van der Waals surface area contributed by atoms with Gasteiger partial charge in [-0.15, -0.1) is 11.3 Å². The van der Waals surface area contributed by atoms with Crippen LogP contribution in [0.4, 0.5) is 0 Å². The summed E-state index contributed by atoms with van der Waals surface area (Å²) < 4.78 is 1.60. The normalized spacial score (nSPS) is 18.1. The molecule has 28 heavy (non-hydrogen) atoms. The number of aryl methyl sites for hydroxylation is 4. The van der Waals surface area contributed by atoms with Gasteiger partial charge in [0.1, 0.15) is 4.83 Å². The molecule has 0 saturated heterocycles. The molecule has 3 aromatic rings. The molecule has 1 amide bonds. The molecule has 1 N–H and O–H groups in total. The SMILES string of the molecule is O=C(CCn1cnc2sc3c(c2c1=O)CCCC3)NC1CCc2ccccc21. The quantitative estimate of drug-likeness (QED) is 0.737. The summed E-state index contributed by atoms with van der Waals surface area (Å²) >= 11 is 1.66. The topological polar surface area (TPSA) is 64.0 Å². The van der Waals surface area contributed by atoms with Gasteiger partial charge in [0, 0.05) is 17.8 Å². The van der Waals surface area contributed by atoms with Crippen LogP contribution in [0.25, 0.3) is 10.2 Å². The Labute approximate surface area is 167 Å². The third-order valence-corrected chi connectivity index (χ3v) is 7.19. The fourth-order valence-corrected chi connectivity index (χ4v) is 5.76.